The number of aliphatic hydroxyl groups excluding tert-OH is 1. The third kappa shape index (κ3) is 4.05. The van der Waals surface area contributed by atoms with E-state index in [-0.39, 0.29) is 13.0 Å². The molecular formula is C12H18N4O4S. The second kappa shape index (κ2) is 7.23. The van der Waals surface area contributed by atoms with Crippen molar-refractivity contribution in [3.63, 3.8) is 0 Å². The zero-order valence-electron chi connectivity index (χ0n) is 11.4. The Labute approximate surface area is 126 Å². The van der Waals surface area contributed by atoms with Crippen molar-refractivity contribution >= 4 is 28.5 Å². The van der Waals surface area contributed by atoms with Gasteiger partial charge in [-0.3, -0.25) is 0 Å². The van der Waals surface area contributed by atoms with Gasteiger partial charge in [0.15, 0.2) is 5.13 Å². The van der Waals surface area contributed by atoms with E-state index in [1.807, 2.05) is 5.38 Å². The van der Waals surface area contributed by atoms with Crippen LogP contribution in [0.1, 0.15) is 6.42 Å². The summed E-state index contributed by atoms with van der Waals surface area (Å²) < 4.78 is 0. The van der Waals surface area contributed by atoms with Crippen molar-refractivity contribution in [1.82, 2.24) is 15.2 Å². The van der Waals surface area contributed by atoms with Crippen molar-refractivity contribution in [3.05, 3.63) is 11.6 Å². The maximum atomic E-state index is 12.0. The highest BCUT2D eigenvalue weighted by Crippen LogP contribution is 2.18. The van der Waals surface area contributed by atoms with Gasteiger partial charge in [0.1, 0.15) is 6.04 Å². The van der Waals surface area contributed by atoms with E-state index in [1.54, 1.807) is 22.4 Å². The van der Waals surface area contributed by atoms with E-state index in [1.165, 1.54) is 0 Å². The lowest BCUT2D eigenvalue weighted by molar-refractivity contribution is -0.139. The Hall–Kier alpha value is -1.87. The first-order valence-corrected chi connectivity index (χ1v) is 7.53. The molecule has 9 heteroatoms. The fourth-order valence-corrected chi connectivity index (χ4v) is 2.80. The number of nitrogens with one attached hydrogen (secondary N) is 1. The van der Waals surface area contributed by atoms with Gasteiger partial charge in [0.05, 0.1) is 0 Å². The molecule has 1 aliphatic rings. The van der Waals surface area contributed by atoms with Gasteiger partial charge in [0.25, 0.3) is 0 Å². The van der Waals surface area contributed by atoms with Crippen LogP contribution in [0, 0.1) is 0 Å². The highest BCUT2D eigenvalue weighted by atomic mass is 32.1. The lowest BCUT2D eigenvalue weighted by Gasteiger charge is -2.35. The van der Waals surface area contributed by atoms with Crippen molar-refractivity contribution < 1.29 is 19.8 Å². The van der Waals surface area contributed by atoms with E-state index in [0.717, 1.165) is 5.13 Å². The lowest BCUT2D eigenvalue weighted by atomic mass is 10.2. The van der Waals surface area contributed by atoms with Gasteiger partial charge in [-0.2, -0.15) is 0 Å². The molecule has 0 radical (unpaired) electrons. The number of urea groups is 1. The number of aliphatic carboxylic acids is 1. The van der Waals surface area contributed by atoms with E-state index in [9.17, 15) is 9.59 Å². The van der Waals surface area contributed by atoms with E-state index in [4.69, 9.17) is 10.2 Å². The predicted molar refractivity (Wildman–Crippen MR) is 77.6 cm³/mol. The zero-order chi connectivity index (χ0) is 15.2. The normalized spacial score (nSPS) is 16.6. The van der Waals surface area contributed by atoms with E-state index >= 15 is 0 Å². The smallest absolute Gasteiger partial charge is 0.326 e. The van der Waals surface area contributed by atoms with Gasteiger partial charge in [-0.25, -0.2) is 14.6 Å². The summed E-state index contributed by atoms with van der Waals surface area (Å²) in [6, 6.07) is -1.46. The molecule has 0 bridgehead atoms. The van der Waals surface area contributed by atoms with Crippen LogP contribution >= 0.6 is 11.3 Å². The van der Waals surface area contributed by atoms with Crippen LogP contribution in [-0.2, 0) is 4.79 Å². The van der Waals surface area contributed by atoms with Crippen LogP contribution in [0.2, 0.25) is 0 Å². The molecular weight excluding hydrogens is 296 g/mol. The van der Waals surface area contributed by atoms with Gasteiger partial charge in [0.2, 0.25) is 0 Å². The number of carboxylic acid groups (broad SMARTS) is 1. The van der Waals surface area contributed by atoms with E-state index in [2.05, 4.69) is 15.2 Å². The Bertz CT molecular complexity index is 474. The highest BCUT2D eigenvalue weighted by molar-refractivity contribution is 7.13. The van der Waals surface area contributed by atoms with Crippen molar-refractivity contribution in [3.8, 4) is 0 Å². The topological polar surface area (TPSA) is 106 Å². The summed E-state index contributed by atoms with van der Waals surface area (Å²) in [6.45, 7) is 2.07. The molecule has 1 aromatic heterocycles. The SMILES string of the molecule is O=C(O)[C@@H](CCO)NC(=O)N1CCN(c2nccs2)CC1. The van der Waals surface area contributed by atoms with Gasteiger partial charge >= 0.3 is 12.0 Å². The molecule has 0 unspecified atom stereocenters. The predicted octanol–water partition coefficient (Wildman–Crippen LogP) is -0.190. The van der Waals surface area contributed by atoms with Crippen molar-refractivity contribution in [1.29, 1.82) is 0 Å². The number of hydrogen-bond donors (Lipinski definition) is 3. The number of piperazine rings is 1. The van der Waals surface area contributed by atoms with Crippen molar-refractivity contribution in [2.45, 2.75) is 12.5 Å². The number of carbonyl (C=O) groups excluding carboxylic acids is 1. The number of carboxylic acids is 1. The fourth-order valence-electron chi connectivity index (χ4n) is 2.10. The number of thiazole rings is 1. The van der Waals surface area contributed by atoms with Crippen LogP contribution < -0.4 is 10.2 Å². The Balaban J connectivity index is 1.83. The minimum atomic E-state index is -1.14. The summed E-state index contributed by atoms with van der Waals surface area (Å²) in [5.74, 6) is -1.14. The second-order valence-corrected chi connectivity index (χ2v) is 5.51. The van der Waals surface area contributed by atoms with Gasteiger partial charge in [-0.15, -0.1) is 11.3 Å². The number of anilines is 1. The fraction of sp³-hybridized carbons (Fsp3) is 0.583. The zero-order valence-corrected chi connectivity index (χ0v) is 12.3. The van der Waals surface area contributed by atoms with Gasteiger partial charge in [-0.05, 0) is 0 Å². The molecule has 2 rings (SSSR count). The molecule has 1 fully saturated rings. The Morgan fingerprint density at radius 2 is 2.10 bits per heavy atom. The summed E-state index contributed by atoms with van der Waals surface area (Å²) in [5, 5.41) is 23.0. The largest absolute Gasteiger partial charge is 0.480 e. The quantitative estimate of drug-likeness (QED) is 0.695. The second-order valence-electron chi connectivity index (χ2n) is 4.64. The van der Waals surface area contributed by atoms with Crippen molar-refractivity contribution in [2.75, 3.05) is 37.7 Å². The first-order chi connectivity index (χ1) is 10.1. The van der Waals surface area contributed by atoms with Gasteiger partial charge in [0, 0.05) is 50.8 Å². The van der Waals surface area contributed by atoms with Crippen molar-refractivity contribution in [2.24, 2.45) is 0 Å². The molecule has 2 heterocycles. The number of aromatic nitrogens is 1. The molecule has 1 aliphatic heterocycles. The molecule has 0 aromatic carbocycles. The van der Waals surface area contributed by atoms with Crippen LogP contribution in [0.4, 0.5) is 9.93 Å². The molecule has 0 saturated carbocycles. The minimum absolute atomic E-state index is 0.000152. The van der Waals surface area contributed by atoms with E-state index < -0.39 is 18.0 Å². The van der Waals surface area contributed by atoms with Crippen LogP contribution in [0.3, 0.4) is 0 Å². The number of rotatable bonds is 5. The van der Waals surface area contributed by atoms with E-state index in [0.29, 0.717) is 26.2 Å². The average molecular weight is 314 g/mol. The molecule has 1 saturated heterocycles. The number of aliphatic hydroxyl groups is 1. The standard InChI is InChI=1S/C12H18N4O4S/c17-7-1-9(10(18)19)14-11(20)15-3-5-16(6-4-15)12-13-2-8-21-12/h2,8-9,17H,1,3-7H2,(H,14,20)(H,18,19)/t9-/m1/s1. The summed E-state index contributed by atoms with van der Waals surface area (Å²) in [5.41, 5.74) is 0. The first-order valence-electron chi connectivity index (χ1n) is 6.65. The third-order valence-corrected chi connectivity index (χ3v) is 4.10. The minimum Gasteiger partial charge on any atom is -0.480 e. The number of carbonyl (C=O) groups is 2. The molecule has 1 atom stereocenters. The third-order valence-electron chi connectivity index (χ3n) is 3.27. The summed E-state index contributed by atoms with van der Waals surface area (Å²) in [6.07, 6.45) is 1.74. The summed E-state index contributed by atoms with van der Waals surface area (Å²) in [7, 11) is 0. The molecule has 8 nitrogen and oxygen atoms in total. The monoisotopic (exact) mass is 314 g/mol. The maximum Gasteiger partial charge on any atom is 0.326 e. The van der Waals surface area contributed by atoms with Gasteiger partial charge < -0.3 is 25.3 Å². The van der Waals surface area contributed by atoms with Crippen LogP contribution in [0.15, 0.2) is 11.6 Å². The molecule has 2 amide bonds. The molecule has 116 valence electrons. The molecule has 0 aliphatic carbocycles. The Morgan fingerprint density at radius 3 is 2.62 bits per heavy atom. The summed E-state index contributed by atoms with van der Waals surface area (Å²) >= 11 is 1.55. The van der Waals surface area contributed by atoms with Crippen LogP contribution in [0.5, 0.6) is 0 Å². The summed E-state index contributed by atoms with van der Waals surface area (Å²) in [4.78, 5) is 30.9. The Kier molecular flexibility index (Phi) is 5.34. The van der Waals surface area contributed by atoms with Gasteiger partial charge in [-0.1, -0.05) is 0 Å². The number of amides is 2. The molecule has 21 heavy (non-hydrogen) atoms. The maximum absolute atomic E-state index is 12.0. The Morgan fingerprint density at radius 1 is 1.38 bits per heavy atom. The number of nitrogens with zero attached hydrogens (tertiary/aromatic N) is 3. The molecule has 3 N–H and O–H groups in total. The molecule has 0 spiro atoms. The first kappa shape index (κ1) is 15.5. The van der Waals surface area contributed by atoms with Crippen LogP contribution in [-0.4, -0.2) is 70.9 Å². The number of hydrogen-bond acceptors (Lipinski definition) is 6. The highest BCUT2D eigenvalue weighted by Gasteiger charge is 2.26. The average Bonchev–Trinajstić information content (AvgIpc) is 3.01. The molecule has 1 aromatic rings. The van der Waals surface area contributed by atoms with Crippen LogP contribution in [0.25, 0.3) is 0 Å². The lowest BCUT2D eigenvalue weighted by Crippen LogP contribution is -2.54.